The maximum atomic E-state index is 11.5. The van der Waals surface area contributed by atoms with E-state index >= 15 is 0 Å². The molecule has 5 nitrogen and oxygen atoms in total. The molecule has 0 radical (unpaired) electrons. The Hall–Kier alpha value is -1.10. The van der Waals surface area contributed by atoms with Crippen LogP contribution in [0.15, 0.2) is 0 Å². The average molecular weight is 257 g/mol. The summed E-state index contributed by atoms with van der Waals surface area (Å²) in [6.07, 6.45) is 2.58. The minimum absolute atomic E-state index is 0.0180. The number of amides is 2. The van der Waals surface area contributed by atoms with Gasteiger partial charge in [0, 0.05) is 25.4 Å². The molecule has 0 aliphatic rings. The van der Waals surface area contributed by atoms with Crippen molar-refractivity contribution in [1.29, 1.82) is 0 Å². The molecule has 0 saturated heterocycles. The van der Waals surface area contributed by atoms with Gasteiger partial charge in [-0.25, -0.2) is 0 Å². The van der Waals surface area contributed by atoms with Crippen molar-refractivity contribution in [2.24, 2.45) is 11.7 Å². The summed E-state index contributed by atoms with van der Waals surface area (Å²) >= 11 is 0. The lowest BCUT2D eigenvalue weighted by atomic mass is 10.0. The normalized spacial score (nSPS) is 13.8. The fraction of sp³-hybridized carbons (Fsp3) is 0.846. The van der Waals surface area contributed by atoms with Gasteiger partial charge in [0.2, 0.25) is 11.8 Å². The van der Waals surface area contributed by atoms with Crippen LogP contribution in [0.5, 0.6) is 0 Å². The van der Waals surface area contributed by atoms with Crippen LogP contribution in [-0.2, 0) is 9.59 Å². The Labute approximate surface area is 110 Å². The van der Waals surface area contributed by atoms with Crippen LogP contribution in [0.25, 0.3) is 0 Å². The Bertz CT molecular complexity index is 253. The van der Waals surface area contributed by atoms with Crippen molar-refractivity contribution in [2.45, 2.75) is 52.5 Å². The van der Waals surface area contributed by atoms with Crippen molar-refractivity contribution in [3.05, 3.63) is 0 Å². The second-order valence-electron chi connectivity index (χ2n) is 4.69. The molecule has 0 aliphatic heterocycles. The van der Waals surface area contributed by atoms with E-state index in [0.717, 1.165) is 12.8 Å². The van der Waals surface area contributed by atoms with E-state index < -0.39 is 0 Å². The molecule has 0 aromatic carbocycles. The van der Waals surface area contributed by atoms with Gasteiger partial charge in [-0.05, 0) is 25.8 Å². The van der Waals surface area contributed by atoms with Crippen LogP contribution in [-0.4, -0.2) is 30.9 Å². The molecule has 0 saturated carbocycles. The fourth-order valence-corrected chi connectivity index (χ4v) is 1.49. The van der Waals surface area contributed by atoms with Gasteiger partial charge in [-0.15, -0.1) is 0 Å². The molecule has 5 heteroatoms. The molecule has 106 valence electrons. The Morgan fingerprint density at radius 1 is 1.17 bits per heavy atom. The predicted octanol–water partition coefficient (Wildman–Crippen LogP) is 0.782. The summed E-state index contributed by atoms with van der Waals surface area (Å²) in [7, 11) is 0. The zero-order valence-electron chi connectivity index (χ0n) is 11.8. The van der Waals surface area contributed by atoms with E-state index in [1.807, 2.05) is 20.8 Å². The van der Waals surface area contributed by atoms with Crippen LogP contribution in [0.3, 0.4) is 0 Å². The number of nitrogens with two attached hydrogens (primary N) is 1. The second-order valence-corrected chi connectivity index (χ2v) is 4.69. The Balaban J connectivity index is 3.70. The predicted molar refractivity (Wildman–Crippen MR) is 73.0 cm³/mol. The number of nitrogens with one attached hydrogen (secondary N) is 2. The van der Waals surface area contributed by atoms with Gasteiger partial charge < -0.3 is 16.4 Å². The molecule has 0 heterocycles. The smallest absolute Gasteiger partial charge is 0.221 e. The Morgan fingerprint density at radius 2 is 1.83 bits per heavy atom. The van der Waals surface area contributed by atoms with Gasteiger partial charge in [-0.3, -0.25) is 9.59 Å². The van der Waals surface area contributed by atoms with E-state index in [9.17, 15) is 9.59 Å². The minimum atomic E-state index is -0.0244. The van der Waals surface area contributed by atoms with Crippen molar-refractivity contribution < 1.29 is 9.59 Å². The number of hydrogen-bond acceptors (Lipinski definition) is 3. The van der Waals surface area contributed by atoms with Gasteiger partial charge in [0.05, 0.1) is 0 Å². The van der Waals surface area contributed by atoms with Crippen molar-refractivity contribution in [3.8, 4) is 0 Å². The van der Waals surface area contributed by atoms with Gasteiger partial charge in [0.25, 0.3) is 0 Å². The maximum absolute atomic E-state index is 11.5. The molecule has 0 bridgehead atoms. The molecule has 2 unspecified atom stereocenters. The highest BCUT2D eigenvalue weighted by molar-refractivity contribution is 5.79. The van der Waals surface area contributed by atoms with Crippen LogP contribution in [0.2, 0.25) is 0 Å². The highest BCUT2D eigenvalue weighted by Gasteiger charge is 2.11. The quantitative estimate of drug-likeness (QED) is 0.571. The SMILES string of the molecule is CCC(CN)CC(=O)NCCC(=O)NC(C)CC. The van der Waals surface area contributed by atoms with Crippen LogP contribution < -0.4 is 16.4 Å². The third-order valence-electron chi connectivity index (χ3n) is 3.08. The molecule has 0 aromatic rings. The lowest BCUT2D eigenvalue weighted by molar-refractivity contribution is -0.123. The fourth-order valence-electron chi connectivity index (χ4n) is 1.49. The summed E-state index contributed by atoms with van der Waals surface area (Å²) in [5, 5.41) is 5.60. The van der Waals surface area contributed by atoms with Crippen molar-refractivity contribution in [1.82, 2.24) is 10.6 Å². The molecule has 0 aliphatic carbocycles. The molecule has 0 aromatic heterocycles. The summed E-state index contributed by atoms with van der Waals surface area (Å²) in [5.74, 6) is 0.193. The van der Waals surface area contributed by atoms with E-state index in [1.54, 1.807) is 0 Å². The summed E-state index contributed by atoms with van der Waals surface area (Å²) in [5.41, 5.74) is 5.53. The van der Waals surface area contributed by atoms with Crippen LogP contribution in [0.4, 0.5) is 0 Å². The topological polar surface area (TPSA) is 84.2 Å². The molecule has 4 N–H and O–H groups in total. The van der Waals surface area contributed by atoms with Gasteiger partial charge in [-0.1, -0.05) is 20.3 Å². The first-order valence-corrected chi connectivity index (χ1v) is 6.79. The zero-order valence-corrected chi connectivity index (χ0v) is 11.8. The minimum Gasteiger partial charge on any atom is -0.356 e. The molecule has 0 fully saturated rings. The third kappa shape index (κ3) is 8.06. The van der Waals surface area contributed by atoms with Gasteiger partial charge in [-0.2, -0.15) is 0 Å². The maximum Gasteiger partial charge on any atom is 0.221 e. The van der Waals surface area contributed by atoms with Crippen LogP contribution >= 0.6 is 0 Å². The molecule has 2 amide bonds. The van der Waals surface area contributed by atoms with Gasteiger partial charge >= 0.3 is 0 Å². The van der Waals surface area contributed by atoms with Crippen LogP contribution in [0.1, 0.15) is 46.5 Å². The number of rotatable bonds is 9. The second kappa shape index (κ2) is 9.88. The van der Waals surface area contributed by atoms with Gasteiger partial charge in [0.15, 0.2) is 0 Å². The number of carbonyl (C=O) groups is 2. The summed E-state index contributed by atoms with van der Waals surface area (Å²) in [6.45, 7) is 6.92. The highest BCUT2D eigenvalue weighted by atomic mass is 16.2. The van der Waals surface area contributed by atoms with E-state index in [-0.39, 0.29) is 23.8 Å². The molecule has 18 heavy (non-hydrogen) atoms. The van der Waals surface area contributed by atoms with Crippen molar-refractivity contribution >= 4 is 11.8 Å². The van der Waals surface area contributed by atoms with E-state index in [0.29, 0.717) is 25.9 Å². The van der Waals surface area contributed by atoms with Gasteiger partial charge in [0.1, 0.15) is 0 Å². The summed E-state index contributed by atoms with van der Waals surface area (Å²) < 4.78 is 0. The lowest BCUT2D eigenvalue weighted by Crippen LogP contribution is -2.35. The molecule has 2 atom stereocenters. The Morgan fingerprint density at radius 3 is 2.33 bits per heavy atom. The van der Waals surface area contributed by atoms with Crippen LogP contribution in [0, 0.1) is 5.92 Å². The van der Waals surface area contributed by atoms with E-state index in [1.165, 1.54) is 0 Å². The first-order valence-electron chi connectivity index (χ1n) is 6.79. The number of carbonyl (C=O) groups excluding carboxylic acids is 2. The molecular formula is C13H27N3O2. The molecular weight excluding hydrogens is 230 g/mol. The standard InChI is InChI=1S/C13H27N3O2/c1-4-10(3)16-12(17)6-7-15-13(18)8-11(5-2)9-14/h10-11H,4-9,14H2,1-3H3,(H,15,18)(H,16,17). The average Bonchev–Trinajstić information content (AvgIpc) is 2.35. The highest BCUT2D eigenvalue weighted by Crippen LogP contribution is 2.05. The lowest BCUT2D eigenvalue weighted by Gasteiger charge is -2.13. The largest absolute Gasteiger partial charge is 0.356 e. The monoisotopic (exact) mass is 257 g/mol. The first-order chi connectivity index (χ1) is 8.53. The van der Waals surface area contributed by atoms with Crippen molar-refractivity contribution in [3.63, 3.8) is 0 Å². The van der Waals surface area contributed by atoms with E-state index in [4.69, 9.17) is 5.73 Å². The third-order valence-corrected chi connectivity index (χ3v) is 3.08. The first kappa shape index (κ1) is 16.9. The molecule has 0 spiro atoms. The number of hydrogen-bond donors (Lipinski definition) is 3. The van der Waals surface area contributed by atoms with E-state index in [2.05, 4.69) is 10.6 Å². The molecule has 0 rings (SSSR count). The Kier molecular flexibility index (Phi) is 9.28. The zero-order chi connectivity index (χ0) is 14.0. The van der Waals surface area contributed by atoms with Crippen molar-refractivity contribution in [2.75, 3.05) is 13.1 Å². The summed E-state index contributed by atoms with van der Waals surface area (Å²) in [4.78, 5) is 23.0. The summed E-state index contributed by atoms with van der Waals surface area (Å²) in [6, 6.07) is 0.190.